The van der Waals surface area contributed by atoms with Gasteiger partial charge in [-0.15, -0.1) is 10.2 Å². The molecule has 3 fully saturated rings. The molecule has 1 aromatic heterocycles. The number of likely N-dealkylation sites (tertiary alicyclic amines) is 1. The van der Waals surface area contributed by atoms with Crippen LogP contribution in [0.2, 0.25) is 0 Å². The number of aromatic nitrogens is 2. The third-order valence-electron chi connectivity index (χ3n) is 6.61. The average Bonchev–Trinajstić information content (AvgIpc) is 2.56. The van der Waals surface area contributed by atoms with Crippen LogP contribution in [0.5, 0.6) is 0 Å². The summed E-state index contributed by atoms with van der Waals surface area (Å²) in [5.74, 6) is 0.895. The van der Waals surface area contributed by atoms with Crippen molar-refractivity contribution in [2.45, 2.75) is 57.9 Å². The molecule has 0 amide bonds. The molecule has 3 aliphatic rings. The highest BCUT2D eigenvalue weighted by molar-refractivity contribution is 5.91. The van der Waals surface area contributed by atoms with Crippen molar-refractivity contribution >= 4 is 11.6 Å². The highest BCUT2D eigenvalue weighted by Gasteiger charge is 2.39. The zero-order valence-electron chi connectivity index (χ0n) is 14.7. The van der Waals surface area contributed by atoms with Gasteiger partial charge in [0.2, 0.25) is 0 Å². The Balaban J connectivity index is 1.32. The molecule has 2 saturated heterocycles. The van der Waals surface area contributed by atoms with Crippen LogP contribution in [0.3, 0.4) is 0 Å². The molecule has 1 aromatic rings. The first-order valence-electron chi connectivity index (χ1n) is 9.49. The van der Waals surface area contributed by atoms with Crippen molar-refractivity contribution in [2.75, 3.05) is 31.1 Å². The maximum absolute atomic E-state index is 11.3. The van der Waals surface area contributed by atoms with Gasteiger partial charge in [-0.1, -0.05) is 6.42 Å². The second-order valence-electron chi connectivity index (χ2n) is 7.94. The fourth-order valence-corrected chi connectivity index (χ4v) is 4.51. The quantitative estimate of drug-likeness (QED) is 0.799. The summed E-state index contributed by atoms with van der Waals surface area (Å²) < 4.78 is 0. The van der Waals surface area contributed by atoms with Crippen molar-refractivity contribution in [3.63, 3.8) is 0 Å². The van der Waals surface area contributed by atoms with E-state index in [1.165, 1.54) is 65.0 Å². The third-order valence-corrected chi connectivity index (χ3v) is 6.61. The Morgan fingerprint density at radius 3 is 2.21 bits per heavy atom. The van der Waals surface area contributed by atoms with E-state index in [1.54, 1.807) is 6.07 Å². The van der Waals surface area contributed by atoms with Gasteiger partial charge in [0.15, 0.2) is 11.6 Å². The molecule has 0 aromatic carbocycles. The van der Waals surface area contributed by atoms with Gasteiger partial charge in [-0.2, -0.15) is 0 Å². The van der Waals surface area contributed by atoms with Crippen LogP contribution in [-0.2, 0) is 0 Å². The van der Waals surface area contributed by atoms with Crippen LogP contribution in [-0.4, -0.2) is 53.1 Å². The number of rotatable bonds is 3. The van der Waals surface area contributed by atoms with Crippen LogP contribution in [0.4, 0.5) is 5.82 Å². The van der Waals surface area contributed by atoms with E-state index in [0.29, 0.717) is 11.1 Å². The molecule has 5 heteroatoms. The molecule has 1 saturated carbocycles. The minimum Gasteiger partial charge on any atom is -0.355 e. The number of nitrogens with zero attached hydrogens (tertiary/aromatic N) is 4. The topological polar surface area (TPSA) is 49.3 Å². The highest BCUT2D eigenvalue weighted by Crippen LogP contribution is 2.43. The second-order valence-corrected chi connectivity index (χ2v) is 7.94. The summed E-state index contributed by atoms with van der Waals surface area (Å²) in [6, 6.07) is 4.64. The molecular weight excluding hydrogens is 300 g/mol. The maximum atomic E-state index is 11.3. The number of hydrogen-bond donors (Lipinski definition) is 0. The van der Waals surface area contributed by atoms with Crippen LogP contribution in [0, 0.1) is 5.41 Å². The molecule has 0 radical (unpaired) electrons. The molecule has 5 nitrogen and oxygen atoms in total. The van der Waals surface area contributed by atoms with Gasteiger partial charge in [-0.05, 0) is 69.2 Å². The molecule has 0 atom stereocenters. The van der Waals surface area contributed by atoms with Crippen molar-refractivity contribution in [1.29, 1.82) is 0 Å². The molecule has 0 unspecified atom stereocenters. The summed E-state index contributed by atoms with van der Waals surface area (Å²) in [5.41, 5.74) is 1.01. The number of piperidine rings is 2. The lowest BCUT2D eigenvalue weighted by Crippen LogP contribution is -2.51. The van der Waals surface area contributed by atoms with Crippen LogP contribution < -0.4 is 4.90 Å². The summed E-state index contributed by atoms with van der Waals surface area (Å²) in [6.07, 6.45) is 9.55. The first-order valence-corrected chi connectivity index (χ1v) is 9.49. The zero-order chi connectivity index (χ0) is 16.6. The van der Waals surface area contributed by atoms with E-state index in [2.05, 4.69) is 20.0 Å². The Morgan fingerprint density at radius 1 is 1.04 bits per heavy atom. The van der Waals surface area contributed by atoms with E-state index in [4.69, 9.17) is 0 Å². The molecule has 4 rings (SSSR count). The summed E-state index contributed by atoms with van der Waals surface area (Å²) >= 11 is 0. The van der Waals surface area contributed by atoms with Crippen molar-refractivity contribution in [1.82, 2.24) is 15.1 Å². The second kappa shape index (κ2) is 6.43. The molecule has 0 bridgehead atoms. The number of ketones is 1. The number of carbonyl (C=O) groups excluding carboxylic acids is 1. The van der Waals surface area contributed by atoms with Gasteiger partial charge in [-0.25, -0.2) is 0 Å². The smallest absolute Gasteiger partial charge is 0.180 e. The Labute approximate surface area is 144 Å². The molecular formula is C19H28N4O. The van der Waals surface area contributed by atoms with Crippen molar-refractivity contribution < 1.29 is 4.79 Å². The Morgan fingerprint density at radius 2 is 1.71 bits per heavy atom. The number of Topliss-reactive ketones (excluding diaryl/α,β-unsaturated/α-hetero) is 1. The molecule has 0 N–H and O–H groups in total. The Kier molecular flexibility index (Phi) is 4.29. The Hall–Kier alpha value is -1.49. The summed E-state index contributed by atoms with van der Waals surface area (Å²) in [6.45, 7) is 6.27. The number of carbonyl (C=O) groups is 1. The molecule has 1 spiro atoms. The zero-order valence-corrected chi connectivity index (χ0v) is 14.7. The first kappa shape index (κ1) is 16.0. The van der Waals surface area contributed by atoms with Crippen LogP contribution in [0.25, 0.3) is 0 Å². The SMILES string of the molecule is CC(=O)c1ccc(N2CCC3(CC2)CCN(C2CCC2)CC3)nn1. The molecule has 130 valence electrons. The van der Waals surface area contributed by atoms with E-state index >= 15 is 0 Å². The van der Waals surface area contributed by atoms with E-state index in [1.807, 2.05) is 6.07 Å². The Bertz CT molecular complexity index is 578. The van der Waals surface area contributed by atoms with E-state index in [-0.39, 0.29) is 5.78 Å². The number of hydrogen-bond acceptors (Lipinski definition) is 5. The van der Waals surface area contributed by atoms with E-state index < -0.39 is 0 Å². The van der Waals surface area contributed by atoms with Gasteiger partial charge in [0, 0.05) is 26.1 Å². The maximum Gasteiger partial charge on any atom is 0.180 e. The lowest BCUT2D eigenvalue weighted by Gasteiger charge is -2.50. The summed E-state index contributed by atoms with van der Waals surface area (Å²) in [4.78, 5) is 16.4. The predicted octanol–water partition coefficient (Wildman–Crippen LogP) is 2.91. The standard InChI is InChI=1S/C19H28N4O/c1-15(24)17-5-6-18(21-20-17)23-13-9-19(10-14-23)7-11-22(12-8-19)16-3-2-4-16/h5-6,16H,2-4,7-14H2,1H3. The normalized spacial score (nSPS) is 24.8. The summed E-state index contributed by atoms with van der Waals surface area (Å²) in [5, 5.41) is 8.31. The molecule has 3 heterocycles. The monoisotopic (exact) mass is 328 g/mol. The predicted molar refractivity (Wildman–Crippen MR) is 94.4 cm³/mol. The fraction of sp³-hybridized carbons (Fsp3) is 0.737. The lowest BCUT2D eigenvalue weighted by atomic mass is 9.70. The van der Waals surface area contributed by atoms with Crippen molar-refractivity contribution in [3.05, 3.63) is 17.8 Å². The molecule has 24 heavy (non-hydrogen) atoms. The molecule has 1 aliphatic carbocycles. The van der Waals surface area contributed by atoms with Crippen LogP contribution in [0.1, 0.15) is 62.4 Å². The lowest BCUT2D eigenvalue weighted by molar-refractivity contribution is 0.0305. The van der Waals surface area contributed by atoms with Crippen LogP contribution in [0.15, 0.2) is 12.1 Å². The minimum atomic E-state index is -0.0233. The third kappa shape index (κ3) is 3.06. The first-order chi connectivity index (χ1) is 11.7. The molecule has 2 aliphatic heterocycles. The summed E-state index contributed by atoms with van der Waals surface area (Å²) in [7, 11) is 0. The minimum absolute atomic E-state index is 0.0233. The van der Waals surface area contributed by atoms with Gasteiger partial charge >= 0.3 is 0 Å². The van der Waals surface area contributed by atoms with Crippen LogP contribution >= 0.6 is 0 Å². The van der Waals surface area contributed by atoms with Crippen molar-refractivity contribution in [2.24, 2.45) is 5.41 Å². The van der Waals surface area contributed by atoms with E-state index in [9.17, 15) is 4.79 Å². The largest absolute Gasteiger partial charge is 0.355 e. The van der Waals surface area contributed by atoms with Gasteiger partial charge in [0.1, 0.15) is 5.69 Å². The van der Waals surface area contributed by atoms with E-state index in [0.717, 1.165) is 24.9 Å². The highest BCUT2D eigenvalue weighted by atomic mass is 16.1. The van der Waals surface area contributed by atoms with Gasteiger partial charge in [-0.3, -0.25) is 4.79 Å². The van der Waals surface area contributed by atoms with Gasteiger partial charge < -0.3 is 9.80 Å². The van der Waals surface area contributed by atoms with Gasteiger partial charge in [0.25, 0.3) is 0 Å². The average molecular weight is 328 g/mol. The number of anilines is 1. The fourth-order valence-electron chi connectivity index (χ4n) is 4.51. The van der Waals surface area contributed by atoms with Gasteiger partial charge in [0.05, 0.1) is 0 Å². The van der Waals surface area contributed by atoms with Crippen molar-refractivity contribution in [3.8, 4) is 0 Å².